The Morgan fingerprint density at radius 2 is 1.87 bits per heavy atom. The summed E-state index contributed by atoms with van der Waals surface area (Å²) in [6.07, 6.45) is 3.65. The van der Waals surface area contributed by atoms with Crippen LogP contribution >= 0.6 is 0 Å². The lowest BCUT2D eigenvalue weighted by molar-refractivity contribution is -0.370. The maximum Gasteiger partial charge on any atom is 0.342 e. The van der Waals surface area contributed by atoms with Crippen molar-refractivity contribution in [2.24, 2.45) is 34.5 Å². The average molecular weight is 527 g/mol. The fourth-order valence-electron chi connectivity index (χ4n) is 9.89. The van der Waals surface area contributed by atoms with Crippen molar-refractivity contribution in [1.29, 1.82) is 0 Å². The van der Waals surface area contributed by atoms with Crippen molar-refractivity contribution in [2.75, 3.05) is 6.61 Å². The summed E-state index contributed by atoms with van der Waals surface area (Å²) in [5.41, 5.74) is -7.17. The predicted molar refractivity (Wildman–Crippen MR) is 124 cm³/mol. The van der Waals surface area contributed by atoms with Gasteiger partial charge in [-0.05, 0) is 50.0 Å². The second kappa shape index (κ2) is 6.32. The molecule has 10 nitrogen and oxygen atoms in total. The zero-order chi connectivity index (χ0) is 26.8. The molecule has 3 aliphatic carbocycles. The van der Waals surface area contributed by atoms with Crippen LogP contribution in [0.25, 0.3) is 0 Å². The smallest absolute Gasteiger partial charge is 0.342 e. The largest absolute Gasteiger partial charge is 0.458 e. The molecule has 12 unspecified atom stereocenters. The molecule has 38 heavy (non-hydrogen) atoms. The average Bonchev–Trinajstić information content (AvgIpc) is 3.16. The molecular weight excluding hydrogens is 496 g/mol. The minimum atomic E-state index is -2.23. The number of carbonyl (C=O) groups is 4. The summed E-state index contributed by atoms with van der Waals surface area (Å²) >= 11 is 0. The first-order chi connectivity index (χ1) is 17.8. The normalized spacial score (nSPS) is 59.2. The van der Waals surface area contributed by atoms with Gasteiger partial charge in [0, 0.05) is 12.3 Å². The van der Waals surface area contributed by atoms with Gasteiger partial charge in [0.15, 0.2) is 22.6 Å². The fourth-order valence-corrected chi connectivity index (χ4v) is 9.89. The highest BCUT2D eigenvalue weighted by Crippen LogP contribution is 2.74. The SMILES string of the molecule is CC12C(=O)CC(O)C=C1C=CC1C2CCC2(O)C(=O)OC3(C)C4CC5(C)C(COC16OC23C5C6=O)C(=O)O4. The summed E-state index contributed by atoms with van der Waals surface area (Å²) in [4.78, 5) is 55.4. The fraction of sp³-hybridized carbons (Fsp3) is 0.714. The van der Waals surface area contributed by atoms with Gasteiger partial charge in [-0.25, -0.2) is 4.79 Å². The maximum absolute atomic E-state index is 14.8. The third kappa shape index (κ3) is 2.03. The number of allylic oxidation sites excluding steroid dienone is 2. The summed E-state index contributed by atoms with van der Waals surface area (Å²) in [6, 6.07) is 0. The molecular formula is C28H30O10. The molecule has 0 aromatic rings. The zero-order valence-electron chi connectivity index (χ0n) is 21.4. The Morgan fingerprint density at radius 3 is 2.63 bits per heavy atom. The standard InChI is InChI=1S/C28H30O10/c1-23-10-18-25(3)28-19(23)20(31)27(38-28,35-11-16(23)21(32)36-18)15-5-4-12-8-13(29)9-17(30)24(12,2)14(15)6-7-26(28,34)22(33)37-25/h4-5,8,13-16,18-19,29,34H,6-7,9-11H2,1-3H3. The highest BCUT2D eigenvalue weighted by atomic mass is 16.8. The number of ether oxygens (including phenoxy) is 4. The number of carbonyl (C=O) groups excluding carboxylic acids is 4. The summed E-state index contributed by atoms with van der Waals surface area (Å²) in [5.74, 6) is -7.21. The Morgan fingerprint density at radius 1 is 1.11 bits per heavy atom. The van der Waals surface area contributed by atoms with Gasteiger partial charge in [-0.1, -0.05) is 25.2 Å². The molecule has 12 atom stereocenters. The van der Waals surface area contributed by atoms with E-state index < -0.39 is 87.0 Å². The van der Waals surface area contributed by atoms with Crippen molar-refractivity contribution in [1.82, 2.24) is 0 Å². The van der Waals surface area contributed by atoms with Crippen LogP contribution in [0.1, 0.15) is 46.5 Å². The van der Waals surface area contributed by atoms with Crippen LogP contribution in [-0.2, 0) is 38.1 Å². The molecule has 5 bridgehead atoms. The van der Waals surface area contributed by atoms with E-state index in [4.69, 9.17) is 18.9 Å². The van der Waals surface area contributed by atoms with Gasteiger partial charge in [0.05, 0.1) is 30.0 Å². The van der Waals surface area contributed by atoms with Crippen molar-refractivity contribution in [3.63, 3.8) is 0 Å². The molecule has 5 saturated heterocycles. The molecule has 10 heteroatoms. The van der Waals surface area contributed by atoms with Crippen LogP contribution in [0.2, 0.25) is 0 Å². The van der Waals surface area contributed by atoms with Crippen molar-refractivity contribution in [3.05, 3.63) is 23.8 Å². The number of hydrogen-bond acceptors (Lipinski definition) is 10. The molecule has 5 heterocycles. The Balaban J connectivity index is 1.43. The summed E-state index contributed by atoms with van der Waals surface area (Å²) < 4.78 is 25.0. The Hall–Kier alpha value is -2.40. The molecule has 0 aromatic carbocycles. The zero-order valence-corrected chi connectivity index (χ0v) is 21.4. The first-order valence-electron chi connectivity index (χ1n) is 13.5. The van der Waals surface area contributed by atoms with Gasteiger partial charge in [-0.15, -0.1) is 0 Å². The van der Waals surface area contributed by atoms with E-state index in [1.165, 1.54) is 0 Å². The van der Waals surface area contributed by atoms with E-state index in [0.29, 0.717) is 5.57 Å². The van der Waals surface area contributed by atoms with E-state index in [0.717, 1.165) is 0 Å². The summed E-state index contributed by atoms with van der Waals surface area (Å²) in [7, 11) is 0. The first-order valence-corrected chi connectivity index (χ1v) is 13.5. The first kappa shape index (κ1) is 23.5. The number of aliphatic hydroxyl groups excluding tert-OH is 1. The van der Waals surface area contributed by atoms with Crippen LogP contribution in [-0.4, -0.2) is 75.1 Å². The molecule has 202 valence electrons. The van der Waals surface area contributed by atoms with Crippen molar-refractivity contribution < 1.29 is 48.3 Å². The van der Waals surface area contributed by atoms with Crippen LogP contribution in [0.15, 0.2) is 23.8 Å². The molecule has 0 radical (unpaired) electrons. The third-order valence-corrected chi connectivity index (χ3v) is 11.9. The van der Waals surface area contributed by atoms with Gasteiger partial charge in [-0.3, -0.25) is 14.4 Å². The van der Waals surface area contributed by atoms with Crippen LogP contribution in [0, 0.1) is 34.5 Å². The van der Waals surface area contributed by atoms with Crippen molar-refractivity contribution >= 4 is 23.5 Å². The van der Waals surface area contributed by atoms with Crippen molar-refractivity contribution in [3.8, 4) is 0 Å². The van der Waals surface area contributed by atoms with Crippen LogP contribution < -0.4 is 0 Å². The van der Waals surface area contributed by atoms with E-state index in [9.17, 15) is 29.4 Å². The number of ketones is 2. The van der Waals surface area contributed by atoms with Gasteiger partial charge in [0.25, 0.3) is 0 Å². The van der Waals surface area contributed by atoms with Crippen LogP contribution in [0.3, 0.4) is 0 Å². The molecule has 8 rings (SSSR count). The van der Waals surface area contributed by atoms with E-state index in [1.807, 2.05) is 6.92 Å². The lowest BCUT2D eigenvalue weighted by atomic mass is 9.46. The molecule has 8 aliphatic rings. The molecule has 5 aliphatic heterocycles. The highest BCUT2D eigenvalue weighted by Gasteiger charge is 2.93. The maximum atomic E-state index is 14.8. The minimum absolute atomic E-state index is 0.0790. The monoisotopic (exact) mass is 526 g/mol. The second-order valence-electron chi connectivity index (χ2n) is 13.2. The summed E-state index contributed by atoms with van der Waals surface area (Å²) in [5, 5.41) is 22.7. The second-order valence-corrected chi connectivity index (χ2v) is 13.2. The number of esters is 2. The van der Waals surface area contributed by atoms with Gasteiger partial charge in [-0.2, -0.15) is 0 Å². The lowest BCUT2D eigenvalue weighted by Gasteiger charge is -2.62. The number of fused-ring (bicyclic) bond motifs is 5. The molecule has 1 saturated carbocycles. The Kier molecular flexibility index (Phi) is 3.91. The lowest BCUT2D eigenvalue weighted by Crippen LogP contribution is -2.79. The topological polar surface area (TPSA) is 146 Å². The molecule has 6 fully saturated rings. The Labute approximate surface area is 218 Å². The molecule has 0 amide bonds. The van der Waals surface area contributed by atoms with E-state index in [1.54, 1.807) is 32.1 Å². The number of hydrogen-bond donors (Lipinski definition) is 2. The van der Waals surface area contributed by atoms with Crippen molar-refractivity contribution in [2.45, 2.75) is 81.3 Å². The number of aliphatic hydroxyl groups is 2. The highest BCUT2D eigenvalue weighted by molar-refractivity contribution is 6.00. The summed E-state index contributed by atoms with van der Waals surface area (Å²) in [6.45, 7) is 5.07. The van der Waals surface area contributed by atoms with Gasteiger partial charge in [0.1, 0.15) is 11.9 Å². The molecule has 2 spiro atoms. The van der Waals surface area contributed by atoms with E-state index >= 15 is 0 Å². The number of rotatable bonds is 0. The minimum Gasteiger partial charge on any atom is -0.458 e. The van der Waals surface area contributed by atoms with Crippen LogP contribution in [0.4, 0.5) is 0 Å². The van der Waals surface area contributed by atoms with Gasteiger partial charge >= 0.3 is 11.9 Å². The third-order valence-electron chi connectivity index (χ3n) is 11.9. The quantitative estimate of drug-likeness (QED) is 0.429. The van der Waals surface area contributed by atoms with E-state index in [2.05, 4.69) is 0 Å². The van der Waals surface area contributed by atoms with Gasteiger partial charge in [0.2, 0.25) is 5.79 Å². The van der Waals surface area contributed by atoms with Gasteiger partial charge < -0.3 is 29.2 Å². The molecule has 2 N–H and O–H groups in total. The van der Waals surface area contributed by atoms with E-state index in [-0.39, 0.29) is 38.1 Å². The molecule has 0 aromatic heterocycles. The Bertz CT molecular complexity index is 1330. The number of Topliss-reactive ketones (excluding diaryl/α,β-unsaturated/α-hetero) is 2. The predicted octanol–water partition coefficient (Wildman–Crippen LogP) is 0.528. The van der Waals surface area contributed by atoms with Crippen LogP contribution in [0.5, 0.6) is 0 Å².